The van der Waals surface area contributed by atoms with Crippen molar-refractivity contribution in [2.24, 2.45) is 5.92 Å². The summed E-state index contributed by atoms with van der Waals surface area (Å²) in [6.45, 7) is 0.695. The molecule has 0 radical (unpaired) electrons. The highest BCUT2D eigenvalue weighted by atomic mass is 19.1. The van der Waals surface area contributed by atoms with Gasteiger partial charge in [0.05, 0.1) is 18.8 Å². The van der Waals surface area contributed by atoms with Crippen LogP contribution in [0.5, 0.6) is 5.75 Å². The first-order chi connectivity index (χ1) is 10.1. The summed E-state index contributed by atoms with van der Waals surface area (Å²) < 4.78 is 24.7. The Morgan fingerprint density at radius 1 is 1.38 bits per heavy atom. The van der Waals surface area contributed by atoms with Crippen LogP contribution >= 0.6 is 0 Å². The van der Waals surface area contributed by atoms with E-state index < -0.39 is 11.9 Å². The third-order valence-electron chi connectivity index (χ3n) is 5.01. The van der Waals surface area contributed by atoms with E-state index in [-0.39, 0.29) is 17.3 Å². The summed E-state index contributed by atoms with van der Waals surface area (Å²) in [6.07, 6.45) is 5.67. The maximum atomic E-state index is 13.8. The third kappa shape index (κ3) is 2.92. The Kier molecular flexibility index (Phi) is 4.18. The minimum absolute atomic E-state index is 0.0328. The van der Waals surface area contributed by atoms with Crippen molar-refractivity contribution in [3.8, 4) is 5.75 Å². The van der Waals surface area contributed by atoms with E-state index in [1.807, 2.05) is 0 Å². The summed E-state index contributed by atoms with van der Waals surface area (Å²) >= 11 is 0. The largest absolute Gasteiger partial charge is 0.494 e. The lowest BCUT2D eigenvalue weighted by atomic mass is 9.80. The lowest BCUT2D eigenvalue weighted by Crippen LogP contribution is -2.39. The van der Waals surface area contributed by atoms with E-state index in [9.17, 15) is 9.50 Å². The Morgan fingerprint density at radius 3 is 2.81 bits per heavy atom. The van der Waals surface area contributed by atoms with Gasteiger partial charge in [-0.3, -0.25) is 0 Å². The molecule has 0 aromatic heterocycles. The zero-order chi connectivity index (χ0) is 14.9. The van der Waals surface area contributed by atoms with Gasteiger partial charge in [-0.2, -0.15) is 0 Å². The van der Waals surface area contributed by atoms with Gasteiger partial charge in [0, 0.05) is 6.61 Å². The van der Waals surface area contributed by atoms with Gasteiger partial charge in [-0.15, -0.1) is 0 Å². The molecule has 1 spiro atoms. The third-order valence-corrected chi connectivity index (χ3v) is 5.01. The van der Waals surface area contributed by atoms with E-state index in [1.165, 1.54) is 26.0 Å². The number of hydrogen-bond acceptors (Lipinski definition) is 3. The molecule has 1 aromatic rings. The molecule has 1 aromatic carbocycles. The van der Waals surface area contributed by atoms with Gasteiger partial charge < -0.3 is 14.6 Å². The predicted molar refractivity (Wildman–Crippen MR) is 77.8 cm³/mol. The zero-order valence-electron chi connectivity index (χ0n) is 12.5. The van der Waals surface area contributed by atoms with E-state index in [0.29, 0.717) is 12.2 Å². The lowest BCUT2D eigenvalue weighted by Gasteiger charge is -2.40. The summed E-state index contributed by atoms with van der Waals surface area (Å²) in [7, 11) is 1.44. The average Bonchev–Trinajstić information content (AvgIpc) is 2.94. The Balaban J connectivity index is 1.75. The van der Waals surface area contributed by atoms with Crippen LogP contribution in [0.1, 0.15) is 50.2 Å². The van der Waals surface area contributed by atoms with Crippen LogP contribution in [0.3, 0.4) is 0 Å². The smallest absolute Gasteiger partial charge is 0.165 e. The second kappa shape index (κ2) is 5.93. The average molecular weight is 294 g/mol. The van der Waals surface area contributed by atoms with E-state index in [2.05, 4.69) is 0 Å². The van der Waals surface area contributed by atoms with Crippen molar-refractivity contribution in [1.29, 1.82) is 0 Å². The zero-order valence-corrected chi connectivity index (χ0v) is 12.5. The molecular formula is C17H23FO3. The van der Waals surface area contributed by atoms with Crippen molar-refractivity contribution in [3.05, 3.63) is 29.6 Å². The molecule has 1 saturated heterocycles. The van der Waals surface area contributed by atoms with Gasteiger partial charge in [-0.1, -0.05) is 18.9 Å². The van der Waals surface area contributed by atoms with Crippen LogP contribution in [-0.2, 0) is 4.74 Å². The fraction of sp³-hybridized carbons (Fsp3) is 0.647. The van der Waals surface area contributed by atoms with Crippen molar-refractivity contribution in [1.82, 2.24) is 0 Å². The minimum atomic E-state index is -0.633. The molecule has 1 heterocycles. The van der Waals surface area contributed by atoms with Crippen molar-refractivity contribution < 1.29 is 19.0 Å². The Morgan fingerprint density at radius 2 is 2.14 bits per heavy atom. The quantitative estimate of drug-likeness (QED) is 0.925. The summed E-state index contributed by atoms with van der Waals surface area (Å²) in [5.41, 5.74) is 0.600. The molecule has 0 amide bonds. The predicted octanol–water partition coefficient (Wildman–Crippen LogP) is 3.61. The molecule has 2 fully saturated rings. The first-order valence-corrected chi connectivity index (χ1v) is 7.79. The van der Waals surface area contributed by atoms with Crippen LogP contribution in [0.15, 0.2) is 18.2 Å². The van der Waals surface area contributed by atoms with Crippen LogP contribution in [0.4, 0.5) is 4.39 Å². The molecule has 3 rings (SSSR count). The SMILES string of the molecule is COc1ccc(C(O)C2CCOC3(CCCC3)C2)cc1F. The van der Waals surface area contributed by atoms with Gasteiger partial charge in [0.1, 0.15) is 0 Å². The normalized spacial score (nSPS) is 26.0. The molecule has 1 saturated carbocycles. The highest BCUT2D eigenvalue weighted by Gasteiger charge is 2.42. The Bertz CT molecular complexity index is 497. The first kappa shape index (κ1) is 14.8. The maximum absolute atomic E-state index is 13.8. The second-order valence-corrected chi connectivity index (χ2v) is 6.33. The standard InChI is InChI=1S/C17H23FO3/c1-20-15-5-4-12(10-14(15)18)16(19)13-6-9-21-17(11-13)7-2-3-8-17/h4-5,10,13,16,19H,2-3,6-9,11H2,1H3. The van der Waals surface area contributed by atoms with Gasteiger partial charge in [0.15, 0.2) is 11.6 Å². The molecular weight excluding hydrogens is 271 g/mol. The molecule has 1 aliphatic heterocycles. The lowest BCUT2D eigenvalue weighted by molar-refractivity contribution is -0.113. The molecule has 1 N–H and O–H groups in total. The van der Waals surface area contributed by atoms with Crippen molar-refractivity contribution in [3.63, 3.8) is 0 Å². The monoisotopic (exact) mass is 294 g/mol. The van der Waals surface area contributed by atoms with Gasteiger partial charge in [-0.25, -0.2) is 4.39 Å². The number of rotatable bonds is 3. The number of methoxy groups -OCH3 is 1. The van der Waals surface area contributed by atoms with Gasteiger partial charge >= 0.3 is 0 Å². The van der Waals surface area contributed by atoms with Crippen molar-refractivity contribution in [2.45, 2.75) is 50.2 Å². The second-order valence-electron chi connectivity index (χ2n) is 6.33. The fourth-order valence-electron chi connectivity index (χ4n) is 3.84. The molecule has 0 bridgehead atoms. The van der Waals surface area contributed by atoms with E-state index in [1.54, 1.807) is 12.1 Å². The summed E-state index contributed by atoms with van der Waals surface area (Å²) in [4.78, 5) is 0. The number of halogens is 1. The van der Waals surface area contributed by atoms with Gasteiger partial charge in [0.2, 0.25) is 0 Å². The molecule has 1 aliphatic carbocycles. The first-order valence-electron chi connectivity index (χ1n) is 7.79. The van der Waals surface area contributed by atoms with E-state index in [4.69, 9.17) is 9.47 Å². The van der Waals surface area contributed by atoms with E-state index in [0.717, 1.165) is 25.7 Å². The van der Waals surface area contributed by atoms with Crippen LogP contribution in [-0.4, -0.2) is 24.4 Å². The highest BCUT2D eigenvalue weighted by molar-refractivity contribution is 5.30. The van der Waals surface area contributed by atoms with Crippen LogP contribution < -0.4 is 4.74 Å². The molecule has 2 aliphatic rings. The maximum Gasteiger partial charge on any atom is 0.165 e. The summed E-state index contributed by atoms with van der Waals surface area (Å²) in [5.74, 6) is -0.0634. The molecule has 21 heavy (non-hydrogen) atoms. The summed E-state index contributed by atoms with van der Waals surface area (Å²) in [6, 6.07) is 4.72. The molecule has 2 atom stereocenters. The fourth-order valence-corrected chi connectivity index (χ4v) is 3.84. The number of benzene rings is 1. The number of ether oxygens (including phenoxy) is 2. The Labute approximate surface area is 125 Å². The molecule has 4 heteroatoms. The van der Waals surface area contributed by atoms with Crippen molar-refractivity contribution in [2.75, 3.05) is 13.7 Å². The Hall–Kier alpha value is -1.13. The molecule has 116 valence electrons. The van der Waals surface area contributed by atoms with Gasteiger partial charge in [-0.05, 0) is 49.3 Å². The van der Waals surface area contributed by atoms with Crippen LogP contribution in [0, 0.1) is 11.7 Å². The molecule has 3 nitrogen and oxygen atoms in total. The van der Waals surface area contributed by atoms with E-state index >= 15 is 0 Å². The minimum Gasteiger partial charge on any atom is -0.494 e. The topological polar surface area (TPSA) is 38.7 Å². The van der Waals surface area contributed by atoms with Crippen molar-refractivity contribution >= 4 is 0 Å². The van der Waals surface area contributed by atoms with Crippen LogP contribution in [0.2, 0.25) is 0 Å². The summed E-state index contributed by atoms with van der Waals surface area (Å²) in [5, 5.41) is 10.6. The number of aliphatic hydroxyl groups is 1. The highest BCUT2D eigenvalue weighted by Crippen LogP contribution is 2.45. The van der Waals surface area contributed by atoms with Crippen LogP contribution in [0.25, 0.3) is 0 Å². The number of aliphatic hydroxyl groups excluding tert-OH is 1. The molecule has 2 unspecified atom stereocenters. The van der Waals surface area contributed by atoms with Gasteiger partial charge in [0.25, 0.3) is 0 Å². The number of hydrogen-bond donors (Lipinski definition) is 1.